The highest BCUT2D eigenvalue weighted by Gasteiger charge is 2.19. The molecule has 0 saturated heterocycles. The van der Waals surface area contributed by atoms with E-state index < -0.39 is 16.9 Å². The molecule has 0 spiro atoms. The highest BCUT2D eigenvalue weighted by molar-refractivity contribution is 5.99. The zero-order chi connectivity index (χ0) is 13.9. The maximum absolute atomic E-state index is 12.0. The van der Waals surface area contributed by atoms with Gasteiger partial charge in [-0.15, -0.1) is 0 Å². The van der Waals surface area contributed by atoms with Crippen molar-refractivity contribution < 1.29 is 14.8 Å². The van der Waals surface area contributed by atoms with Gasteiger partial charge in [0.05, 0.1) is 16.6 Å². The van der Waals surface area contributed by atoms with Crippen molar-refractivity contribution in [3.8, 4) is 0 Å². The minimum Gasteiger partial charge on any atom is -0.398 e. The van der Waals surface area contributed by atoms with Gasteiger partial charge in [-0.25, -0.2) is 0 Å². The van der Waals surface area contributed by atoms with E-state index in [-0.39, 0.29) is 23.5 Å². The summed E-state index contributed by atoms with van der Waals surface area (Å²) in [6.07, 6.45) is -0.682. The lowest BCUT2D eigenvalue weighted by molar-refractivity contribution is -0.384. The number of rotatable bonds is 4. The van der Waals surface area contributed by atoms with E-state index in [1.807, 2.05) is 0 Å². The van der Waals surface area contributed by atoms with Crippen molar-refractivity contribution in [2.24, 2.45) is 0 Å². The summed E-state index contributed by atoms with van der Waals surface area (Å²) in [6.45, 7) is 1.67. The lowest BCUT2D eigenvalue weighted by atomic mass is 10.1. The summed E-state index contributed by atoms with van der Waals surface area (Å²) in [7, 11) is 1.49. The minimum absolute atomic E-state index is 0.0624. The van der Waals surface area contributed by atoms with E-state index in [9.17, 15) is 20.0 Å². The molecular formula is C11H15N3O4. The number of hydrogen-bond donors (Lipinski definition) is 2. The second-order valence-corrected chi connectivity index (χ2v) is 4.06. The lowest BCUT2D eigenvalue weighted by Gasteiger charge is -2.19. The van der Waals surface area contributed by atoms with E-state index in [4.69, 9.17) is 5.73 Å². The first kappa shape index (κ1) is 13.9. The molecule has 1 unspecified atom stereocenters. The van der Waals surface area contributed by atoms with Crippen LogP contribution in [0.2, 0.25) is 0 Å². The van der Waals surface area contributed by atoms with Crippen LogP contribution in [0, 0.1) is 10.1 Å². The number of nitro benzene ring substituents is 1. The summed E-state index contributed by atoms with van der Waals surface area (Å²) < 4.78 is 0. The number of benzene rings is 1. The molecule has 18 heavy (non-hydrogen) atoms. The molecule has 3 N–H and O–H groups in total. The Morgan fingerprint density at radius 1 is 1.61 bits per heavy atom. The van der Waals surface area contributed by atoms with Gasteiger partial charge >= 0.3 is 0 Å². The van der Waals surface area contributed by atoms with Crippen LogP contribution in [0.5, 0.6) is 0 Å². The predicted molar refractivity (Wildman–Crippen MR) is 66.2 cm³/mol. The third kappa shape index (κ3) is 3.17. The molecule has 0 aliphatic carbocycles. The third-order valence-corrected chi connectivity index (χ3v) is 2.36. The Morgan fingerprint density at radius 3 is 2.72 bits per heavy atom. The van der Waals surface area contributed by atoms with Crippen molar-refractivity contribution in [3.05, 3.63) is 33.9 Å². The molecule has 1 aromatic carbocycles. The molecule has 7 nitrogen and oxygen atoms in total. The highest BCUT2D eigenvalue weighted by atomic mass is 16.6. The van der Waals surface area contributed by atoms with Crippen LogP contribution in [0.1, 0.15) is 17.3 Å². The third-order valence-electron chi connectivity index (χ3n) is 2.36. The van der Waals surface area contributed by atoms with Crippen molar-refractivity contribution in [3.63, 3.8) is 0 Å². The highest BCUT2D eigenvalue weighted by Crippen LogP contribution is 2.20. The number of aliphatic hydroxyl groups is 1. The number of anilines is 1. The summed E-state index contributed by atoms with van der Waals surface area (Å²) in [5, 5.41) is 19.8. The Bertz CT molecular complexity index is 473. The quantitative estimate of drug-likeness (QED) is 0.464. The van der Waals surface area contributed by atoms with Crippen LogP contribution in [0.25, 0.3) is 0 Å². The topological polar surface area (TPSA) is 110 Å². The molecule has 0 aliphatic heterocycles. The molecule has 1 amide bonds. The number of carbonyl (C=O) groups is 1. The largest absolute Gasteiger partial charge is 0.398 e. The zero-order valence-electron chi connectivity index (χ0n) is 10.2. The van der Waals surface area contributed by atoms with Gasteiger partial charge in [-0.05, 0) is 13.0 Å². The molecule has 98 valence electrons. The summed E-state index contributed by atoms with van der Waals surface area (Å²) in [5.74, 6) is -0.461. The molecule has 0 fully saturated rings. The first-order valence-electron chi connectivity index (χ1n) is 5.30. The Morgan fingerprint density at radius 2 is 2.22 bits per heavy atom. The molecule has 7 heteroatoms. The number of nitrogen functional groups attached to an aromatic ring is 1. The van der Waals surface area contributed by atoms with E-state index in [0.717, 1.165) is 6.07 Å². The Hall–Kier alpha value is -2.15. The van der Waals surface area contributed by atoms with Gasteiger partial charge in [0, 0.05) is 31.4 Å². The first-order chi connectivity index (χ1) is 8.32. The van der Waals surface area contributed by atoms with Crippen LogP contribution in [0.15, 0.2) is 18.2 Å². The van der Waals surface area contributed by atoms with Crippen molar-refractivity contribution in [2.45, 2.75) is 13.0 Å². The molecule has 0 bridgehead atoms. The Labute approximate surface area is 104 Å². The molecule has 1 aromatic rings. The monoisotopic (exact) mass is 253 g/mol. The van der Waals surface area contributed by atoms with E-state index >= 15 is 0 Å². The molecule has 0 radical (unpaired) electrons. The van der Waals surface area contributed by atoms with Crippen LogP contribution in [0.4, 0.5) is 11.4 Å². The summed E-state index contributed by atoms with van der Waals surface area (Å²) in [4.78, 5) is 23.3. The standard InChI is InChI=1S/C11H15N3O4/c1-7(15)6-13(2)11(16)9-5-8(14(17)18)3-4-10(9)12/h3-5,7,15H,6,12H2,1-2H3. The van der Waals surface area contributed by atoms with Crippen molar-refractivity contribution in [2.75, 3.05) is 19.3 Å². The molecule has 0 aromatic heterocycles. The maximum atomic E-state index is 12.0. The number of likely N-dealkylation sites (N-methyl/N-ethyl adjacent to an activating group) is 1. The van der Waals surface area contributed by atoms with E-state index in [0.29, 0.717) is 0 Å². The number of non-ortho nitro benzene ring substituents is 1. The predicted octanol–water partition coefficient (Wildman–Crippen LogP) is 0.630. The average molecular weight is 253 g/mol. The van der Waals surface area contributed by atoms with Gasteiger partial charge in [0.1, 0.15) is 0 Å². The van der Waals surface area contributed by atoms with Gasteiger partial charge in [0.15, 0.2) is 0 Å². The number of hydrogen-bond acceptors (Lipinski definition) is 5. The number of nitro groups is 1. The van der Waals surface area contributed by atoms with Gasteiger partial charge in [0.2, 0.25) is 0 Å². The lowest BCUT2D eigenvalue weighted by Crippen LogP contribution is -2.33. The van der Waals surface area contributed by atoms with Gasteiger partial charge in [0.25, 0.3) is 11.6 Å². The zero-order valence-corrected chi connectivity index (χ0v) is 10.2. The van der Waals surface area contributed by atoms with Crippen LogP contribution in [0.3, 0.4) is 0 Å². The van der Waals surface area contributed by atoms with Crippen LogP contribution < -0.4 is 5.73 Å². The van der Waals surface area contributed by atoms with Crippen LogP contribution in [-0.2, 0) is 0 Å². The van der Waals surface area contributed by atoms with Gasteiger partial charge in [-0.1, -0.05) is 0 Å². The van der Waals surface area contributed by atoms with Crippen LogP contribution >= 0.6 is 0 Å². The van der Waals surface area contributed by atoms with Crippen molar-refractivity contribution in [1.82, 2.24) is 4.90 Å². The second kappa shape index (κ2) is 5.46. The molecular weight excluding hydrogens is 238 g/mol. The van der Waals surface area contributed by atoms with Crippen molar-refractivity contribution >= 4 is 17.3 Å². The summed E-state index contributed by atoms with van der Waals surface area (Å²) >= 11 is 0. The summed E-state index contributed by atoms with van der Waals surface area (Å²) in [5.41, 5.74) is 5.66. The molecule has 1 rings (SSSR count). The normalized spacial score (nSPS) is 11.9. The maximum Gasteiger partial charge on any atom is 0.270 e. The van der Waals surface area contributed by atoms with Gasteiger partial charge < -0.3 is 15.7 Å². The number of aliphatic hydroxyl groups excluding tert-OH is 1. The number of nitrogens with two attached hydrogens (primary N) is 1. The fourth-order valence-electron chi connectivity index (χ4n) is 1.53. The van der Waals surface area contributed by atoms with Crippen LogP contribution in [-0.4, -0.2) is 40.5 Å². The molecule has 0 saturated carbocycles. The molecule has 0 heterocycles. The van der Waals surface area contributed by atoms with E-state index in [1.54, 1.807) is 6.92 Å². The molecule has 0 aliphatic rings. The fourth-order valence-corrected chi connectivity index (χ4v) is 1.53. The SMILES string of the molecule is CC(O)CN(C)C(=O)c1cc([N+](=O)[O-])ccc1N. The molecule has 1 atom stereocenters. The van der Waals surface area contributed by atoms with E-state index in [1.165, 1.54) is 24.1 Å². The van der Waals surface area contributed by atoms with Crippen molar-refractivity contribution in [1.29, 1.82) is 0 Å². The van der Waals surface area contributed by atoms with Gasteiger partial charge in [-0.3, -0.25) is 14.9 Å². The Kier molecular flexibility index (Phi) is 4.22. The smallest absolute Gasteiger partial charge is 0.270 e. The number of amides is 1. The number of carbonyl (C=O) groups excluding carboxylic acids is 1. The van der Waals surface area contributed by atoms with E-state index in [2.05, 4.69) is 0 Å². The van der Waals surface area contributed by atoms with Gasteiger partial charge in [-0.2, -0.15) is 0 Å². The fraction of sp³-hybridized carbons (Fsp3) is 0.364. The number of nitrogens with zero attached hydrogens (tertiary/aromatic N) is 2. The average Bonchev–Trinajstić information content (AvgIpc) is 2.27. The Balaban J connectivity index is 3.04. The minimum atomic E-state index is -0.682. The first-order valence-corrected chi connectivity index (χ1v) is 5.30. The second-order valence-electron chi connectivity index (χ2n) is 4.06. The summed E-state index contributed by atoms with van der Waals surface area (Å²) in [6, 6.07) is 3.69.